The number of amides is 1. The molecule has 1 aromatic rings. The van der Waals surface area contributed by atoms with Crippen molar-refractivity contribution < 1.29 is 22.7 Å². The first-order valence-electron chi connectivity index (χ1n) is 6.45. The Morgan fingerprint density at radius 1 is 1.29 bits per heavy atom. The smallest absolute Gasteiger partial charge is 0.243 e. The highest BCUT2D eigenvalue weighted by Crippen LogP contribution is 2.35. The van der Waals surface area contributed by atoms with Crippen molar-refractivity contribution in [3.63, 3.8) is 0 Å². The number of carbonyl (C=O) groups excluding carboxylic acids is 1. The number of rotatable bonds is 4. The normalized spacial score (nSPS) is 15.2. The maximum atomic E-state index is 12.0. The highest BCUT2D eigenvalue weighted by molar-refractivity contribution is 7.92. The second-order valence-electron chi connectivity index (χ2n) is 4.68. The second-order valence-corrected chi connectivity index (χ2v) is 6.54. The lowest BCUT2D eigenvalue weighted by Gasteiger charge is -2.29. The van der Waals surface area contributed by atoms with Crippen molar-refractivity contribution in [2.45, 2.75) is 13.0 Å². The van der Waals surface area contributed by atoms with Gasteiger partial charge >= 0.3 is 0 Å². The summed E-state index contributed by atoms with van der Waals surface area (Å²) in [5.41, 5.74) is 0.359. The molecule has 1 aliphatic rings. The molecule has 0 unspecified atom stereocenters. The van der Waals surface area contributed by atoms with Crippen molar-refractivity contribution in [1.29, 1.82) is 0 Å². The number of nitrogens with zero attached hydrogens (tertiary/aromatic N) is 1. The van der Waals surface area contributed by atoms with Gasteiger partial charge in [-0.1, -0.05) is 0 Å². The van der Waals surface area contributed by atoms with Gasteiger partial charge in [0.15, 0.2) is 11.5 Å². The lowest BCUT2D eigenvalue weighted by Crippen LogP contribution is -2.47. The largest absolute Gasteiger partial charge is 0.486 e. The highest BCUT2D eigenvalue weighted by Gasteiger charge is 2.29. The predicted molar refractivity (Wildman–Crippen MR) is 78.3 cm³/mol. The molecular weight excluding hydrogens is 296 g/mol. The van der Waals surface area contributed by atoms with Crippen LogP contribution in [0.3, 0.4) is 0 Å². The number of ether oxygens (including phenoxy) is 2. The van der Waals surface area contributed by atoms with Crippen LogP contribution < -0.4 is 19.1 Å². The Morgan fingerprint density at radius 3 is 2.48 bits per heavy atom. The summed E-state index contributed by atoms with van der Waals surface area (Å²) in [6.07, 6.45) is 1.06. The SMILES string of the molecule is CNC(=O)[C@H](C)N(c1ccc2c(c1)OCCO2)S(C)(=O)=O. The van der Waals surface area contributed by atoms with E-state index in [1.165, 1.54) is 14.0 Å². The fourth-order valence-electron chi connectivity index (χ4n) is 2.19. The number of nitrogens with one attached hydrogen (secondary N) is 1. The molecule has 8 heteroatoms. The maximum Gasteiger partial charge on any atom is 0.243 e. The van der Waals surface area contributed by atoms with Crippen LogP contribution in [0.15, 0.2) is 18.2 Å². The van der Waals surface area contributed by atoms with Crippen LogP contribution in [-0.2, 0) is 14.8 Å². The number of carbonyl (C=O) groups is 1. The molecule has 0 bridgehead atoms. The van der Waals surface area contributed by atoms with E-state index in [9.17, 15) is 13.2 Å². The molecule has 7 nitrogen and oxygen atoms in total. The Hall–Kier alpha value is -1.96. The first-order valence-corrected chi connectivity index (χ1v) is 8.30. The molecule has 1 aliphatic heterocycles. The first-order chi connectivity index (χ1) is 9.84. The standard InChI is InChI=1S/C13H18N2O5S/c1-9(13(16)14-2)15(21(3,17)18)10-4-5-11-12(8-10)20-7-6-19-11/h4-5,8-9H,6-7H2,1-3H3,(H,14,16)/t9-/m0/s1. The molecule has 0 fully saturated rings. The van der Waals surface area contributed by atoms with Gasteiger partial charge in [0.1, 0.15) is 19.3 Å². The van der Waals surface area contributed by atoms with Crippen LogP contribution >= 0.6 is 0 Å². The van der Waals surface area contributed by atoms with Gasteiger partial charge in [0.2, 0.25) is 15.9 Å². The van der Waals surface area contributed by atoms with E-state index < -0.39 is 22.0 Å². The molecule has 1 N–H and O–H groups in total. The van der Waals surface area contributed by atoms with Crippen LogP contribution in [0.5, 0.6) is 11.5 Å². The number of benzene rings is 1. The van der Waals surface area contributed by atoms with Gasteiger partial charge in [-0.15, -0.1) is 0 Å². The van der Waals surface area contributed by atoms with Gasteiger partial charge in [-0.05, 0) is 19.1 Å². The van der Waals surface area contributed by atoms with Crippen LogP contribution in [0.4, 0.5) is 5.69 Å². The van der Waals surface area contributed by atoms with E-state index in [0.29, 0.717) is 30.4 Å². The highest BCUT2D eigenvalue weighted by atomic mass is 32.2. The van der Waals surface area contributed by atoms with Crippen LogP contribution in [0.1, 0.15) is 6.92 Å². The monoisotopic (exact) mass is 314 g/mol. The zero-order valence-electron chi connectivity index (χ0n) is 12.1. The van der Waals surface area contributed by atoms with E-state index in [1.54, 1.807) is 18.2 Å². The minimum atomic E-state index is -3.62. The van der Waals surface area contributed by atoms with Crippen molar-refractivity contribution in [2.24, 2.45) is 0 Å². The Bertz CT molecular complexity index is 644. The number of hydrogen-bond donors (Lipinski definition) is 1. The van der Waals surface area contributed by atoms with E-state index in [1.807, 2.05) is 0 Å². The molecule has 1 heterocycles. The molecule has 1 aromatic carbocycles. The molecule has 0 saturated heterocycles. The van der Waals surface area contributed by atoms with Gasteiger partial charge in [0, 0.05) is 13.1 Å². The van der Waals surface area contributed by atoms with Gasteiger partial charge in [-0.25, -0.2) is 8.42 Å². The van der Waals surface area contributed by atoms with E-state index in [4.69, 9.17) is 9.47 Å². The fourth-order valence-corrected chi connectivity index (χ4v) is 3.35. The van der Waals surface area contributed by atoms with Crippen molar-refractivity contribution in [3.05, 3.63) is 18.2 Å². The number of fused-ring (bicyclic) bond motifs is 1. The first kappa shape index (κ1) is 15.4. The summed E-state index contributed by atoms with van der Waals surface area (Å²) in [7, 11) is -2.16. The molecule has 0 spiro atoms. The number of hydrogen-bond acceptors (Lipinski definition) is 5. The summed E-state index contributed by atoms with van der Waals surface area (Å²) in [4.78, 5) is 11.8. The molecule has 1 atom stereocenters. The Balaban J connectivity index is 2.44. The molecule has 21 heavy (non-hydrogen) atoms. The number of likely N-dealkylation sites (N-methyl/N-ethyl adjacent to an activating group) is 1. The molecule has 0 radical (unpaired) electrons. The molecule has 1 amide bonds. The van der Waals surface area contributed by atoms with Crippen LogP contribution in [0.2, 0.25) is 0 Å². The second kappa shape index (κ2) is 5.80. The van der Waals surface area contributed by atoms with Crippen molar-refractivity contribution >= 4 is 21.6 Å². The third kappa shape index (κ3) is 3.21. The van der Waals surface area contributed by atoms with Gasteiger partial charge in [-0.3, -0.25) is 9.10 Å². The van der Waals surface area contributed by atoms with Gasteiger partial charge in [0.05, 0.1) is 11.9 Å². The van der Waals surface area contributed by atoms with E-state index in [2.05, 4.69) is 5.32 Å². The summed E-state index contributed by atoms with van der Waals surface area (Å²) in [5.74, 6) is 0.637. The van der Waals surface area contributed by atoms with Crippen LogP contribution in [0.25, 0.3) is 0 Å². The molecular formula is C13H18N2O5S. The number of sulfonamides is 1. The average molecular weight is 314 g/mol. The Labute approximate surface area is 123 Å². The summed E-state index contributed by atoms with van der Waals surface area (Å²) in [5, 5.41) is 2.45. The molecule has 2 rings (SSSR count). The van der Waals surface area contributed by atoms with Gasteiger partial charge in [0.25, 0.3) is 0 Å². The molecule has 116 valence electrons. The molecule has 0 saturated carbocycles. The Kier molecular flexibility index (Phi) is 4.26. The van der Waals surface area contributed by atoms with Gasteiger partial charge in [-0.2, -0.15) is 0 Å². The van der Waals surface area contributed by atoms with Crippen molar-refractivity contribution in [3.8, 4) is 11.5 Å². The average Bonchev–Trinajstić information content (AvgIpc) is 2.44. The maximum absolute atomic E-state index is 12.0. The summed E-state index contributed by atoms with van der Waals surface area (Å²) < 4.78 is 36.0. The van der Waals surface area contributed by atoms with Crippen molar-refractivity contribution in [2.75, 3.05) is 30.8 Å². The minimum Gasteiger partial charge on any atom is -0.486 e. The van der Waals surface area contributed by atoms with Crippen LogP contribution in [0, 0.1) is 0 Å². The fraction of sp³-hybridized carbons (Fsp3) is 0.462. The lowest BCUT2D eigenvalue weighted by molar-refractivity contribution is -0.121. The quantitative estimate of drug-likeness (QED) is 0.867. The Morgan fingerprint density at radius 2 is 1.90 bits per heavy atom. The molecule has 0 aliphatic carbocycles. The van der Waals surface area contributed by atoms with Crippen LogP contribution in [-0.4, -0.2) is 46.9 Å². The zero-order valence-corrected chi connectivity index (χ0v) is 12.9. The predicted octanol–water partition coefficient (Wildman–Crippen LogP) is 0.358. The van der Waals surface area contributed by atoms with Crippen molar-refractivity contribution in [1.82, 2.24) is 5.32 Å². The minimum absolute atomic E-state index is 0.359. The van der Waals surface area contributed by atoms with E-state index in [0.717, 1.165) is 10.6 Å². The van der Waals surface area contributed by atoms with E-state index in [-0.39, 0.29) is 0 Å². The number of anilines is 1. The topological polar surface area (TPSA) is 84.9 Å². The van der Waals surface area contributed by atoms with Gasteiger partial charge < -0.3 is 14.8 Å². The lowest BCUT2D eigenvalue weighted by atomic mass is 10.2. The third-order valence-corrected chi connectivity index (χ3v) is 4.36. The third-order valence-electron chi connectivity index (χ3n) is 3.12. The summed E-state index contributed by atoms with van der Waals surface area (Å²) >= 11 is 0. The summed E-state index contributed by atoms with van der Waals surface area (Å²) in [6.45, 7) is 2.38. The zero-order chi connectivity index (χ0) is 15.6. The van der Waals surface area contributed by atoms with E-state index >= 15 is 0 Å². The summed E-state index contributed by atoms with van der Waals surface area (Å²) in [6, 6.07) is 3.93. The molecule has 0 aromatic heterocycles.